The first-order valence-electron chi connectivity index (χ1n) is 11.9. The van der Waals surface area contributed by atoms with Gasteiger partial charge in [0.25, 0.3) is 10.0 Å². The highest BCUT2D eigenvalue weighted by atomic mass is 127. The lowest BCUT2D eigenvalue weighted by Crippen LogP contribution is -2.31. The summed E-state index contributed by atoms with van der Waals surface area (Å²) in [6.45, 7) is 9.09. The summed E-state index contributed by atoms with van der Waals surface area (Å²) in [6.07, 6.45) is 2.04. The number of carbonyl (C=O) groups is 1. The summed E-state index contributed by atoms with van der Waals surface area (Å²) in [5.74, 6) is 0.108. The van der Waals surface area contributed by atoms with Gasteiger partial charge in [0.15, 0.2) is 0 Å². The maximum atomic E-state index is 13.0. The third-order valence-corrected chi connectivity index (χ3v) is 8.30. The average Bonchev–Trinajstić information content (AvgIpc) is 2.81. The molecule has 37 heavy (non-hydrogen) atoms. The zero-order valence-corrected chi connectivity index (χ0v) is 24.9. The number of aryl methyl sites for hydroxylation is 1. The number of nitrogens with one attached hydrogen (secondary N) is 1. The van der Waals surface area contributed by atoms with Crippen LogP contribution < -0.4 is 9.46 Å². The fourth-order valence-electron chi connectivity index (χ4n) is 4.22. The third-order valence-electron chi connectivity index (χ3n) is 6.15. The van der Waals surface area contributed by atoms with Crippen molar-refractivity contribution in [3.05, 3.63) is 74.5 Å². The number of sulfonamides is 1. The van der Waals surface area contributed by atoms with Gasteiger partial charge in [-0.25, -0.2) is 18.1 Å². The van der Waals surface area contributed by atoms with E-state index in [0.717, 1.165) is 25.8 Å². The van der Waals surface area contributed by atoms with Crippen LogP contribution in [-0.4, -0.2) is 31.5 Å². The van der Waals surface area contributed by atoms with Crippen LogP contribution in [0.4, 0.5) is 0 Å². The van der Waals surface area contributed by atoms with Crippen LogP contribution in [0.5, 0.6) is 5.88 Å². The minimum absolute atomic E-state index is 0.00440. The SMILES string of the molecule is COc1cc(-c2cc(I)cc(C(C)C)c2CCC(=O)NS(=O)(=O)c2ccc(C(C)(C)O)cc2C)ccn1. The van der Waals surface area contributed by atoms with Gasteiger partial charge in [-0.3, -0.25) is 4.79 Å². The van der Waals surface area contributed by atoms with E-state index in [1.807, 2.05) is 12.1 Å². The lowest BCUT2D eigenvalue weighted by Gasteiger charge is -2.20. The van der Waals surface area contributed by atoms with Crippen molar-refractivity contribution in [1.82, 2.24) is 9.71 Å². The number of halogens is 1. The zero-order chi connectivity index (χ0) is 27.5. The Kier molecular flexibility index (Phi) is 9.02. The van der Waals surface area contributed by atoms with Gasteiger partial charge in [0.2, 0.25) is 11.8 Å². The molecule has 0 spiro atoms. The number of nitrogens with zero attached hydrogens (tertiary/aromatic N) is 1. The van der Waals surface area contributed by atoms with Gasteiger partial charge in [0.05, 0.1) is 17.6 Å². The minimum Gasteiger partial charge on any atom is -0.481 e. The molecule has 0 aliphatic heterocycles. The van der Waals surface area contributed by atoms with Crippen LogP contribution in [0, 0.1) is 10.5 Å². The van der Waals surface area contributed by atoms with E-state index >= 15 is 0 Å². The molecule has 0 aliphatic carbocycles. The first-order chi connectivity index (χ1) is 17.2. The fourth-order valence-corrected chi connectivity index (χ4v) is 6.11. The molecule has 0 atom stereocenters. The Labute approximate surface area is 232 Å². The lowest BCUT2D eigenvalue weighted by atomic mass is 9.88. The van der Waals surface area contributed by atoms with Crippen molar-refractivity contribution >= 4 is 38.5 Å². The van der Waals surface area contributed by atoms with Crippen molar-refractivity contribution in [2.45, 2.75) is 63.9 Å². The maximum absolute atomic E-state index is 13.0. The van der Waals surface area contributed by atoms with E-state index in [1.54, 1.807) is 46.2 Å². The summed E-state index contributed by atoms with van der Waals surface area (Å²) in [6, 6.07) is 12.5. The van der Waals surface area contributed by atoms with Gasteiger partial charge in [-0.15, -0.1) is 0 Å². The van der Waals surface area contributed by atoms with E-state index in [0.29, 0.717) is 23.4 Å². The van der Waals surface area contributed by atoms with Gasteiger partial charge in [-0.05, 0) is 113 Å². The van der Waals surface area contributed by atoms with Gasteiger partial charge in [0.1, 0.15) is 0 Å². The first-order valence-corrected chi connectivity index (χ1v) is 14.5. The van der Waals surface area contributed by atoms with E-state index in [1.165, 1.54) is 6.07 Å². The Balaban J connectivity index is 1.88. The highest BCUT2D eigenvalue weighted by Crippen LogP contribution is 2.34. The lowest BCUT2D eigenvalue weighted by molar-refractivity contribution is -0.119. The molecule has 1 amide bonds. The molecule has 1 heterocycles. The molecule has 9 heteroatoms. The molecule has 0 saturated carbocycles. The van der Waals surface area contributed by atoms with Crippen molar-refractivity contribution in [2.24, 2.45) is 0 Å². The number of amides is 1. The van der Waals surface area contributed by atoms with Crippen LogP contribution in [0.15, 0.2) is 53.6 Å². The molecule has 3 aromatic rings. The van der Waals surface area contributed by atoms with Crippen molar-refractivity contribution in [3.8, 4) is 17.0 Å². The van der Waals surface area contributed by atoms with Gasteiger partial charge in [0, 0.05) is 22.3 Å². The Hall–Kier alpha value is -2.50. The highest BCUT2D eigenvalue weighted by Gasteiger charge is 2.24. The van der Waals surface area contributed by atoms with E-state index in [-0.39, 0.29) is 17.2 Å². The number of carbonyl (C=O) groups excluding carboxylic acids is 1. The minimum atomic E-state index is -4.07. The summed E-state index contributed by atoms with van der Waals surface area (Å²) < 4.78 is 34.6. The molecule has 0 unspecified atom stereocenters. The smallest absolute Gasteiger partial charge is 0.264 e. The van der Waals surface area contributed by atoms with Crippen molar-refractivity contribution < 1.29 is 23.1 Å². The van der Waals surface area contributed by atoms with Gasteiger partial charge in [-0.2, -0.15) is 0 Å². The van der Waals surface area contributed by atoms with E-state index in [4.69, 9.17) is 4.74 Å². The summed E-state index contributed by atoms with van der Waals surface area (Å²) in [7, 11) is -2.51. The summed E-state index contributed by atoms with van der Waals surface area (Å²) >= 11 is 2.28. The van der Waals surface area contributed by atoms with Crippen molar-refractivity contribution in [3.63, 3.8) is 0 Å². The van der Waals surface area contributed by atoms with Crippen LogP contribution in [0.2, 0.25) is 0 Å². The second-order valence-electron chi connectivity index (χ2n) is 9.83. The number of aromatic nitrogens is 1. The molecule has 7 nitrogen and oxygen atoms in total. The van der Waals surface area contributed by atoms with Crippen LogP contribution in [0.3, 0.4) is 0 Å². The Morgan fingerprint density at radius 3 is 2.46 bits per heavy atom. The molecular weight excluding hydrogens is 603 g/mol. The molecule has 2 aromatic carbocycles. The monoisotopic (exact) mass is 636 g/mol. The average molecular weight is 637 g/mol. The summed E-state index contributed by atoms with van der Waals surface area (Å²) in [5.41, 5.74) is 3.91. The number of hydrogen-bond acceptors (Lipinski definition) is 6. The van der Waals surface area contributed by atoms with Crippen LogP contribution in [0.25, 0.3) is 11.1 Å². The molecule has 0 radical (unpaired) electrons. The second kappa shape index (κ2) is 11.5. The third kappa shape index (κ3) is 7.08. The molecule has 0 aliphatic rings. The second-order valence-corrected chi connectivity index (χ2v) is 12.7. The van der Waals surface area contributed by atoms with Crippen molar-refractivity contribution in [1.29, 1.82) is 0 Å². The predicted molar refractivity (Wildman–Crippen MR) is 153 cm³/mol. The maximum Gasteiger partial charge on any atom is 0.264 e. The molecule has 198 valence electrons. The quantitative estimate of drug-likeness (QED) is 0.303. The van der Waals surface area contributed by atoms with Crippen LogP contribution in [-0.2, 0) is 26.8 Å². The number of methoxy groups -OCH3 is 1. The largest absolute Gasteiger partial charge is 0.481 e. The zero-order valence-electron chi connectivity index (χ0n) is 21.9. The molecule has 3 rings (SSSR count). The van der Waals surface area contributed by atoms with Crippen molar-refractivity contribution in [2.75, 3.05) is 7.11 Å². The van der Waals surface area contributed by atoms with E-state index in [9.17, 15) is 18.3 Å². The predicted octanol–water partition coefficient (Wildman–Crippen LogP) is 5.46. The molecule has 2 N–H and O–H groups in total. The Bertz CT molecular complexity index is 1410. The summed E-state index contributed by atoms with van der Waals surface area (Å²) in [4.78, 5) is 17.1. The van der Waals surface area contributed by atoms with E-state index < -0.39 is 21.5 Å². The number of hydrogen-bond donors (Lipinski definition) is 2. The highest BCUT2D eigenvalue weighted by molar-refractivity contribution is 14.1. The number of benzene rings is 2. The van der Waals surface area contributed by atoms with Crippen LogP contribution >= 0.6 is 22.6 Å². The number of aliphatic hydroxyl groups is 1. The molecule has 0 saturated heterocycles. The topological polar surface area (TPSA) is 106 Å². The normalized spacial score (nSPS) is 12.0. The molecule has 0 fully saturated rings. The number of rotatable bonds is 9. The van der Waals surface area contributed by atoms with Gasteiger partial charge in [-0.1, -0.05) is 26.0 Å². The Morgan fingerprint density at radius 2 is 1.86 bits per heavy atom. The Morgan fingerprint density at radius 1 is 1.16 bits per heavy atom. The fraction of sp³-hybridized carbons (Fsp3) is 0.357. The van der Waals surface area contributed by atoms with Gasteiger partial charge < -0.3 is 9.84 Å². The standard InChI is InChI=1S/C28H33IN2O5S/c1-17(2)23-15-21(29)16-24(19-11-12-30-27(14-19)36-6)22(23)8-10-26(32)31-37(34,35)25-9-7-20(13-18(25)3)28(4,5)33/h7,9,11-17,33H,8,10H2,1-6H3,(H,31,32). The van der Waals surface area contributed by atoms with E-state index in [2.05, 4.69) is 58.3 Å². The first kappa shape index (κ1) is 29.1. The number of ether oxygens (including phenoxy) is 1. The van der Waals surface area contributed by atoms with Gasteiger partial charge >= 0.3 is 0 Å². The molecule has 1 aromatic heterocycles. The van der Waals surface area contributed by atoms with Crippen LogP contribution in [0.1, 0.15) is 62.3 Å². The molecule has 0 bridgehead atoms. The summed E-state index contributed by atoms with van der Waals surface area (Å²) in [5, 5.41) is 10.2. The molecular formula is C28H33IN2O5S. The number of pyridine rings is 1.